The fourth-order valence-corrected chi connectivity index (χ4v) is 2.49. The second kappa shape index (κ2) is 6.30. The van der Waals surface area contributed by atoms with Crippen LogP contribution in [-0.2, 0) is 11.2 Å². The van der Waals surface area contributed by atoms with Gasteiger partial charge in [-0.25, -0.2) is 4.79 Å². The quantitative estimate of drug-likeness (QED) is 0.767. The van der Waals surface area contributed by atoms with Crippen molar-refractivity contribution >= 4 is 34.3 Å². The first-order valence-electron chi connectivity index (χ1n) is 7.19. The summed E-state index contributed by atoms with van der Waals surface area (Å²) in [5.41, 5.74) is 2.68. The fraction of sp³-hybridized carbons (Fsp3) is 0.176. The summed E-state index contributed by atoms with van der Waals surface area (Å²) in [6.07, 6.45) is 0.619. The number of carbonyl (C=O) groups excluding carboxylic acids is 1. The molecule has 0 bridgehead atoms. The van der Waals surface area contributed by atoms with Gasteiger partial charge in [0.2, 0.25) is 5.91 Å². The summed E-state index contributed by atoms with van der Waals surface area (Å²) in [4.78, 5) is 26.0. The Hall–Kier alpha value is -2.53. The normalized spacial score (nSPS) is 12.3. The Morgan fingerprint density at radius 1 is 1.26 bits per heavy atom. The summed E-state index contributed by atoms with van der Waals surface area (Å²) in [6.45, 7) is 1.86. The van der Waals surface area contributed by atoms with Gasteiger partial charge in [0.1, 0.15) is 0 Å². The standard InChI is InChI=1S/C17H15ClN2O3/c1-10(8-11-2-4-12(18)5-3-11)16(21)19-13-6-7-15-14(9-13)20-17(22)23-15/h2-7,9-10H,8H2,1H3,(H,19,21)(H,20,22). The van der Waals surface area contributed by atoms with Crippen LogP contribution in [0.3, 0.4) is 0 Å². The van der Waals surface area contributed by atoms with Crippen LogP contribution >= 0.6 is 11.6 Å². The molecule has 23 heavy (non-hydrogen) atoms. The van der Waals surface area contributed by atoms with Gasteiger partial charge in [0.05, 0.1) is 5.52 Å². The molecule has 118 valence electrons. The predicted octanol–water partition coefficient (Wildman–Crippen LogP) is 3.59. The van der Waals surface area contributed by atoms with Crippen molar-refractivity contribution in [3.63, 3.8) is 0 Å². The van der Waals surface area contributed by atoms with E-state index in [9.17, 15) is 9.59 Å². The number of benzene rings is 2. The summed E-state index contributed by atoms with van der Waals surface area (Å²) in [6, 6.07) is 12.5. The topological polar surface area (TPSA) is 75.1 Å². The van der Waals surface area contributed by atoms with E-state index in [1.54, 1.807) is 18.2 Å². The van der Waals surface area contributed by atoms with Crippen molar-refractivity contribution in [3.8, 4) is 0 Å². The number of hydrogen-bond donors (Lipinski definition) is 2. The first-order chi connectivity index (χ1) is 11.0. The highest BCUT2D eigenvalue weighted by molar-refractivity contribution is 6.30. The summed E-state index contributed by atoms with van der Waals surface area (Å²) in [5, 5.41) is 3.52. The van der Waals surface area contributed by atoms with Crippen LogP contribution in [-0.4, -0.2) is 10.9 Å². The lowest BCUT2D eigenvalue weighted by Crippen LogP contribution is -2.22. The Morgan fingerprint density at radius 2 is 2.00 bits per heavy atom. The number of fused-ring (bicyclic) bond motifs is 1. The number of halogens is 1. The largest absolute Gasteiger partial charge is 0.417 e. The Balaban J connectivity index is 1.69. The third-order valence-electron chi connectivity index (χ3n) is 3.59. The fourth-order valence-electron chi connectivity index (χ4n) is 2.36. The number of aromatic amines is 1. The van der Waals surface area contributed by atoms with E-state index < -0.39 is 5.76 Å². The molecule has 3 rings (SSSR count). The van der Waals surface area contributed by atoms with Crippen molar-refractivity contribution in [2.24, 2.45) is 5.92 Å². The molecule has 0 saturated carbocycles. The molecular formula is C17H15ClN2O3. The highest BCUT2D eigenvalue weighted by Gasteiger charge is 2.14. The lowest BCUT2D eigenvalue weighted by molar-refractivity contribution is -0.119. The average Bonchev–Trinajstić information content (AvgIpc) is 2.88. The van der Waals surface area contributed by atoms with Crippen LogP contribution < -0.4 is 11.1 Å². The highest BCUT2D eigenvalue weighted by atomic mass is 35.5. The zero-order valence-electron chi connectivity index (χ0n) is 12.4. The molecule has 0 aliphatic carbocycles. The van der Waals surface area contributed by atoms with Gasteiger partial charge in [0.15, 0.2) is 5.58 Å². The van der Waals surface area contributed by atoms with Crippen molar-refractivity contribution in [1.29, 1.82) is 0 Å². The molecule has 0 aliphatic heterocycles. The van der Waals surface area contributed by atoms with Crippen LogP contribution in [0.4, 0.5) is 5.69 Å². The maximum absolute atomic E-state index is 12.3. The number of oxazole rings is 1. The first-order valence-corrected chi connectivity index (χ1v) is 7.57. The number of amides is 1. The zero-order chi connectivity index (χ0) is 16.4. The second-order valence-corrected chi connectivity index (χ2v) is 5.88. The molecule has 0 fully saturated rings. The van der Waals surface area contributed by atoms with E-state index in [1.165, 1.54) is 0 Å². The zero-order valence-corrected chi connectivity index (χ0v) is 13.2. The predicted molar refractivity (Wildman–Crippen MR) is 89.8 cm³/mol. The molecule has 1 aromatic heterocycles. The molecule has 0 radical (unpaired) electrons. The summed E-state index contributed by atoms with van der Waals surface area (Å²) in [5.74, 6) is -0.806. The third kappa shape index (κ3) is 3.63. The van der Waals surface area contributed by atoms with E-state index >= 15 is 0 Å². The van der Waals surface area contributed by atoms with Gasteiger partial charge in [-0.1, -0.05) is 30.7 Å². The number of carbonyl (C=O) groups is 1. The van der Waals surface area contributed by atoms with E-state index in [2.05, 4.69) is 10.3 Å². The number of nitrogens with one attached hydrogen (secondary N) is 2. The van der Waals surface area contributed by atoms with Crippen LogP contribution in [0.25, 0.3) is 11.1 Å². The Kier molecular flexibility index (Phi) is 4.21. The van der Waals surface area contributed by atoms with E-state index in [0.29, 0.717) is 28.2 Å². The van der Waals surface area contributed by atoms with Gasteiger partial charge in [-0.15, -0.1) is 0 Å². The van der Waals surface area contributed by atoms with E-state index in [1.807, 2.05) is 31.2 Å². The number of anilines is 1. The lowest BCUT2D eigenvalue weighted by atomic mass is 10.0. The summed E-state index contributed by atoms with van der Waals surface area (Å²) < 4.78 is 4.93. The average molecular weight is 331 g/mol. The van der Waals surface area contributed by atoms with Crippen molar-refractivity contribution < 1.29 is 9.21 Å². The van der Waals surface area contributed by atoms with E-state index in [4.69, 9.17) is 16.0 Å². The van der Waals surface area contributed by atoms with Crippen LogP contribution in [0, 0.1) is 5.92 Å². The van der Waals surface area contributed by atoms with Crippen LogP contribution in [0.2, 0.25) is 5.02 Å². The van der Waals surface area contributed by atoms with Gasteiger partial charge < -0.3 is 9.73 Å². The summed E-state index contributed by atoms with van der Waals surface area (Å²) >= 11 is 5.86. The minimum atomic E-state index is -0.514. The van der Waals surface area contributed by atoms with Gasteiger partial charge in [0.25, 0.3) is 0 Å². The molecule has 2 N–H and O–H groups in total. The molecule has 2 aromatic carbocycles. The molecule has 1 heterocycles. The smallest absolute Gasteiger partial charge is 0.408 e. The molecule has 5 nitrogen and oxygen atoms in total. The monoisotopic (exact) mass is 330 g/mol. The SMILES string of the molecule is CC(Cc1ccc(Cl)cc1)C(=O)Nc1ccc2oc(=O)[nH]c2c1. The molecular weight excluding hydrogens is 316 g/mol. The first kappa shape index (κ1) is 15.4. The van der Waals surface area contributed by atoms with Gasteiger partial charge in [-0.3, -0.25) is 9.78 Å². The van der Waals surface area contributed by atoms with Gasteiger partial charge >= 0.3 is 5.76 Å². The van der Waals surface area contributed by atoms with Crippen LogP contribution in [0.1, 0.15) is 12.5 Å². The van der Waals surface area contributed by atoms with Gasteiger partial charge in [0, 0.05) is 16.6 Å². The Morgan fingerprint density at radius 3 is 2.74 bits per heavy atom. The third-order valence-corrected chi connectivity index (χ3v) is 3.84. The lowest BCUT2D eigenvalue weighted by Gasteiger charge is -2.12. The number of rotatable bonds is 4. The molecule has 6 heteroatoms. The molecule has 1 amide bonds. The second-order valence-electron chi connectivity index (χ2n) is 5.45. The molecule has 0 spiro atoms. The van der Waals surface area contributed by atoms with Gasteiger partial charge in [-0.2, -0.15) is 0 Å². The van der Waals surface area contributed by atoms with Crippen molar-refractivity contribution in [2.45, 2.75) is 13.3 Å². The van der Waals surface area contributed by atoms with Crippen LogP contribution in [0.15, 0.2) is 51.7 Å². The minimum absolute atomic E-state index is 0.0925. The molecule has 3 aromatic rings. The maximum Gasteiger partial charge on any atom is 0.417 e. The van der Waals surface area contributed by atoms with Gasteiger partial charge in [-0.05, 0) is 42.3 Å². The van der Waals surface area contributed by atoms with Crippen molar-refractivity contribution in [2.75, 3.05) is 5.32 Å². The Bertz CT molecular complexity index is 896. The van der Waals surface area contributed by atoms with Crippen LogP contribution in [0.5, 0.6) is 0 Å². The highest BCUT2D eigenvalue weighted by Crippen LogP contribution is 2.18. The number of H-pyrrole nitrogens is 1. The number of hydrogen-bond acceptors (Lipinski definition) is 3. The number of aromatic nitrogens is 1. The molecule has 1 atom stereocenters. The Labute approximate surface area is 137 Å². The van der Waals surface area contributed by atoms with Crippen molar-refractivity contribution in [1.82, 2.24) is 4.98 Å². The summed E-state index contributed by atoms with van der Waals surface area (Å²) in [7, 11) is 0. The van der Waals surface area contributed by atoms with E-state index in [-0.39, 0.29) is 11.8 Å². The van der Waals surface area contributed by atoms with Crippen molar-refractivity contribution in [3.05, 3.63) is 63.6 Å². The maximum atomic E-state index is 12.3. The minimum Gasteiger partial charge on any atom is -0.408 e. The molecule has 0 aliphatic rings. The molecule has 0 saturated heterocycles. The van der Waals surface area contributed by atoms with E-state index in [0.717, 1.165) is 5.56 Å². The molecule has 1 unspecified atom stereocenters.